The lowest BCUT2D eigenvalue weighted by Gasteiger charge is -2.14. The Bertz CT molecular complexity index is 1110. The van der Waals surface area contributed by atoms with E-state index >= 15 is 0 Å². The number of nitrogens with one attached hydrogen (secondary N) is 2. The number of carbonyl (C=O) groups excluding carboxylic acids is 1. The van der Waals surface area contributed by atoms with Gasteiger partial charge in [0.25, 0.3) is 5.91 Å². The Balaban J connectivity index is 1.88. The summed E-state index contributed by atoms with van der Waals surface area (Å²) in [4.78, 5) is 12.9. The fourth-order valence-corrected chi connectivity index (χ4v) is 3.82. The molecule has 2 N–H and O–H groups in total. The Morgan fingerprint density at radius 3 is 2.38 bits per heavy atom. The van der Waals surface area contributed by atoms with Gasteiger partial charge in [-0.05, 0) is 48.9 Å². The van der Waals surface area contributed by atoms with Gasteiger partial charge in [0.05, 0.1) is 10.6 Å². The number of benzene rings is 3. The summed E-state index contributed by atoms with van der Waals surface area (Å²) in [5, 5.41) is 2.82. The summed E-state index contributed by atoms with van der Waals surface area (Å²) in [6, 6.07) is 20.8. The van der Waals surface area contributed by atoms with Crippen LogP contribution in [0.2, 0.25) is 0 Å². The highest BCUT2D eigenvalue weighted by Gasteiger charge is 2.18. The number of sulfonamides is 1. The van der Waals surface area contributed by atoms with Gasteiger partial charge in [0.2, 0.25) is 10.0 Å². The summed E-state index contributed by atoms with van der Waals surface area (Å²) in [5.41, 5.74) is 1.43. The highest BCUT2D eigenvalue weighted by Crippen LogP contribution is 2.29. The van der Waals surface area contributed by atoms with Gasteiger partial charge in [-0.15, -0.1) is 0 Å². The molecule has 0 fully saturated rings. The van der Waals surface area contributed by atoms with E-state index in [1.165, 1.54) is 12.1 Å². The molecule has 0 saturated carbocycles. The average Bonchev–Trinajstić information content (AvgIpc) is 2.70. The molecule has 150 valence electrons. The molecule has 1 amide bonds. The van der Waals surface area contributed by atoms with Gasteiger partial charge in [0.15, 0.2) is 5.75 Å². The zero-order valence-corrected chi connectivity index (χ0v) is 17.0. The summed E-state index contributed by atoms with van der Waals surface area (Å²) >= 11 is 0. The van der Waals surface area contributed by atoms with Crippen molar-refractivity contribution in [3.8, 4) is 11.5 Å². The van der Waals surface area contributed by atoms with E-state index in [0.717, 1.165) is 0 Å². The molecule has 29 heavy (non-hydrogen) atoms. The van der Waals surface area contributed by atoms with E-state index in [1.807, 2.05) is 36.4 Å². The van der Waals surface area contributed by atoms with E-state index in [4.69, 9.17) is 4.74 Å². The molecular formula is C22H22N2O4S. The zero-order chi connectivity index (χ0) is 20.9. The van der Waals surface area contributed by atoms with Crippen LogP contribution < -0.4 is 14.8 Å². The zero-order valence-electron chi connectivity index (χ0n) is 16.2. The number of para-hydroxylation sites is 3. The molecule has 3 aromatic carbocycles. The van der Waals surface area contributed by atoms with Crippen LogP contribution >= 0.6 is 0 Å². The first-order chi connectivity index (χ1) is 13.9. The maximum absolute atomic E-state index is 12.9. The van der Waals surface area contributed by atoms with Gasteiger partial charge in [0, 0.05) is 12.1 Å². The van der Waals surface area contributed by atoms with Crippen LogP contribution in [-0.2, 0) is 10.0 Å². The highest BCUT2D eigenvalue weighted by molar-refractivity contribution is 7.89. The molecule has 0 heterocycles. The van der Waals surface area contributed by atoms with Gasteiger partial charge >= 0.3 is 0 Å². The number of anilines is 1. The van der Waals surface area contributed by atoms with Crippen LogP contribution in [0, 0.1) is 6.92 Å². The van der Waals surface area contributed by atoms with Gasteiger partial charge in [-0.1, -0.05) is 43.3 Å². The minimum atomic E-state index is -3.66. The molecule has 0 aliphatic carbocycles. The molecule has 0 radical (unpaired) electrons. The average molecular weight is 410 g/mol. The normalized spacial score (nSPS) is 11.1. The van der Waals surface area contributed by atoms with E-state index in [0.29, 0.717) is 22.7 Å². The van der Waals surface area contributed by atoms with E-state index in [2.05, 4.69) is 10.0 Å². The summed E-state index contributed by atoms with van der Waals surface area (Å²) in [7, 11) is -3.66. The van der Waals surface area contributed by atoms with E-state index in [9.17, 15) is 13.2 Å². The van der Waals surface area contributed by atoms with Crippen molar-refractivity contribution < 1.29 is 17.9 Å². The van der Waals surface area contributed by atoms with Crippen molar-refractivity contribution in [2.45, 2.75) is 18.7 Å². The van der Waals surface area contributed by atoms with Gasteiger partial charge in [-0.3, -0.25) is 4.79 Å². The quantitative estimate of drug-likeness (QED) is 0.607. The van der Waals surface area contributed by atoms with Crippen LogP contribution in [0.25, 0.3) is 0 Å². The number of ether oxygens (including phenoxy) is 1. The highest BCUT2D eigenvalue weighted by atomic mass is 32.2. The third kappa shape index (κ3) is 5.01. The summed E-state index contributed by atoms with van der Waals surface area (Å²) in [5.74, 6) is 0.713. The molecular weight excluding hydrogens is 388 g/mol. The van der Waals surface area contributed by atoms with Crippen LogP contribution in [0.15, 0.2) is 77.7 Å². The second-order valence-electron chi connectivity index (χ2n) is 6.34. The fourth-order valence-electron chi connectivity index (χ4n) is 2.75. The molecule has 7 heteroatoms. The fraction of sp³-hybridized carbons (Fsp3) is 0.136. The Morgan fingerprint density at radius 1 is 0.966 bits per heavy atom. The topological polar surface area (TPSA) is 84.5 Å². The SMILES string of the molecule is CCNS(=O)(=O)c1ccc(C)c(C(=O)Nc2ccccc2Oc2ccccc2)c1. The molecule has 0 atom stereocenters. The molecule has 0 saturated heterocycles. The maximum atomic E-state index is 12.9. The smallest absolute Gasteiger partial charge is 0.256 e. The lowest BCUT2D eigenvalue weighted by atomic mass is 10.1. The van der Waals surface area contributed by atoms with Crippen molar-refractivity contribution in [2.75, 3.05) is 11.9 Å². The molecule has 0 aromatic heterocycles. The van der Waals surface area contributed by atoms with E-state index in [-0.39, 0.29) is 17.0 Å². The lowest BCUT2D eigenvalue weighted by molar-refractivity contribution is 0.102. The van der Waals surface area contributed by atoms with Crippen molar-refractivity contribution in [3.63, 3.8) is 0 Å². The standard InChI is InChI=1S/C22H22N2O4S/c1-3-23-29(26,27)18-14-13-16(2)19(15-18)22(25)24-20-11-7-8-12-21(20)28-17-9-5-4-6-10-17/h4-15,23H,3H2,1-2H3,(H,24,25). The number of hydrogen-bond donors (Lipinski definition) is 2. The molecule has 0 aliphatic heterocycles. The number of carbonyl (C=O) groups is 1. The molecule has 6 nitrogen and oxygen atoms in total. The monoisotopic (exact) mass is 410 g/mol. The minimum Gasteiger partial charge on any atom is -0.455 e. The van der Waals surface area contributed by atoms with Crippen molar-refractivity contribution in [1.29, 1.82) is 0 Å². The lowest BCUT2D eigenvalue weighted by Crippen LogP contribution is -2.24. The third-order valence-corrected chi connectivity index (χ3v) is 5.75. The minimum absolute atomic E-state index is 0.0453. The largest absolute Gasteiger partial charge is 0.455 e. The summed E-state index contributed by atoms with van der Waals surface area (Å²) in [6.07, 6.45) is 0. The van der Waals surface area contributed by atoms with Gasteiger partial charge in [-0.2, -0.15) is 0 Å². The Labute approximate surface area is 170 Å². The summed E-state index contributed by atoms with van der Waals surface area (Å²) < 4.78 is 32.8. The van der Waals surface area contributed by atoms with E-state index < -0.39 is 15.9 Å². The molecule has 0 bridgehead atoms. The number of aryl methyl sites for hydroxylation is 1. The van der Waals surface area contributed by atoms with Gasteiger partial charge in [-0.25, -0.2) is 13.1 Å². The second kappa shape index (κ2) is 8.89. The van der Waals surface area contributed by atoms with Gasteiger partial charge in [0.1, 0.15) is 5.75 Å². The predicted octanol–water partition coefficient (Wildman–Crippen LogP) is 4.34. The molecule has 0 spiro atoms. The Kier molecular flexibility index (Phi) is 6.31. The first kappa shape index (κ1) is 20.6. The van der Waals surface area contributed by atoms with Crippen molar-refractivity contribution in [1.82, 2.24) is 4.72 Å². The molecule has 3 aromatic rings. The molecule has 0 aliphatic rings. The first-order valence-electron chi connectivity index (χ1n) is 9.14. The van der Waals surface area contributed by atoms with Crippen molar-refractivity contribution in [3.05, 3.63) is 83.9 Å². The number of amides is 1. The van der Waals surface area contributed by atoms with Crippen molar-refractivity contribution in [2.24, 2.45) is 0 Å². The van der Waals surface area contributed by atoms with Crippen LogP contribution in [-0.4, -0.2) is 20.9 Å². The van der Waals surface area contributed by atoms with Crippen molar-refractivity contribution >= 4 is 21.6 Å². The second-order valence-corrected chi connectivity index (χ2v) is 8.11. The van der Waals surface area contributed by atoms with Crippen LogP contribution in [0.1, 0.15) is 22.8 Å². The predicted molar refractivity (Wildman–Crippen MR) is 113 cm³/mol. The molecule has 3 rings (SSSR count). The molecule has 0 unspecified atom stereocenters. The Hall–Kier alpha value is -3.16. The first-order valence-corrected chi connectivity index (χ1v) is 10.6. The van der Waals surface area contributed by atoms with Crippen LogP contribution in [0.3, 0.4) is 0 Å². The Morgan fingerprint density at radius 2 is 1.66 bits per heavy atom. The number of rotatable bonds is 7. The summed E-state index contributed by atoms with van der Waals surface area (Å²) in [6.45, 7) is 3.72. The van der Waals surface area contributed by atoms with Crippen LogP contribution in [0.5, 0.6) is 11.5 Å². The van der Waals surface area contributed by atoms with E-state index in [1.54, 1.807) is 38.1 Å². The van der Waals surface area contributed by atoms with Gasteiger partial charge < -0.3 is 10.1 Å². The third-order valence-electron chi connectivity index (χ3n) is 4.20. The number of hydrogen-bond acceptors (Lipinski definition) is 4. The van der Waals surface area contributed by atoms with Crippen LogP contribution in [0.4, 0.5) is 5.69 Å². The maximum Gasteiger partial charge on any atom is 0.256 e.